The van der Waals surface area contributed by atoms with Crippen LogP contribution in [-0.2, 0) is 12.8 Å². The van der Waals surface area contributed by atoms with Gasteiger partial charge < -0.3 is 4.74 Å². The van der Waals surface area contributed by atoms with Crippen LogP contribution in [0.3, 0.4) is 0 Å². The number of aryl methyl sites for hydroxylation is 2. The molecule has 0 bridgehead atoms. The molecule has 3 aromatic heterocycles. The van der Waals surface area contributed by atoms with E-state index in [1.807, 2.05) is 28.8 Å². The fourth-order valence-corrected chi connectivity index (χ4v) is 4.77. The maximum absolute atomic E-state index is 13.0. The van der Waals surface area contributed by atoms with E-state index in [1.165, 1.54) is 21.4 Å². The van der Waals surface area contributed by atoms with Gasteiger partial charge in [0.05, 0.1) is 18.2 Å². The Kier molecular flexibility index (Phi) is 3.18. The van der Waals surface area contributed by atoms with E-state index >= 15 is 0 Å². The van der Waals surface area contributed by atoms with Crippen molar-refractivity contribution in [1.82, 2.24) is 19.2 Å². The van der Waals surface area contributed by atoms with Crippen LogP contribution in [0.1, 0.15) is 23.3 Å². The molecule has 0 aliphatic heterocycles. The van der Waals surface area contributed by atoms with E-state index in [9.17, 15) is 4.79 Å². The molecule has 1 aromatic carbocycles. The monoisotopic (exact) mass is 352 g/mol. The van der Waals surface area contributed by atoms with Gasteiger partial charge >= 0.3 is 0 Å². The van der Waals surface area contributed by atoms with Gasteiger partial charge in [-0.25, -0.2) is 4.98 Å². The van der Waals surface area contributed by atoms with Gasteiger partial charge in [0.25, 0.3) is 5.56 Å². The molecule has 25 heavy (non-hydrogen) atoms. The van der Waals surface area contributed by atoms with Gasteiger partial charge in [-0.3, -0.25) is 9.36 Å². The van der Waals surface area contributed by atoms with Crippen LogP contribution in [0.15, 0.2) is 35.4 Å². The average molecular weight is 352 g/mol. The molecule has 1 aliphatic rings. The first kappa shape index (κ1) is 14.7. The Morgan fingerprint density at radius 2 is 1.96 bits per heavy atom. The Hall–Kier alpha value is -2.67. The highest BCUT2D eigenvalue weighted by molar-refractivity contribution is 7.18. The predicted octanol–water partition coefficient (Wildman–Crippen LogP) is 2.98. The number of hydrogen-bond donors (Lipinski definition) is 0. The summed E-state index contributed by atoms with van der Waals surface area (Å²) in [5.74, 6) is 1.33. The van der Waals surface area contributed by atoms with Gasteiger partial charge in [-0.05, 0) is 55.5 Å². The first-order chi connectivity index (χ1) is 12.3. The van der Waals surface area contributed by atoms with E-state index in [1.54, 1.807) is 24.8 Å². The van der Waals surface area contributed by atoms with E-state index < -0.39 is 0 Å². The van der Waals surface area contributed by atoms with Crippen LogP contribution in [0.4, 0.5) is 0 Å². The van der Waals surface area contributed by atoms with Crippen LogP contribution in [-0.4, -0.2) is 26.3 Å². The van der Waals surface area contributed by atoms with E-state index in [0.717, 1.165) is 40.9 Å². The molecule has 1 aliphatic carbocycles. The summed E-state index contributed by atoms with van der Waals surface area (Å²) in [5, 5.41) is 5.06. The smallest absolute Gasteiger partial charge is 0.284 e. The Balaban J connectivity index is 1.77. The number of methoxy groups -OCH3 is 1. The lowest BCUT2D eigenvalue weighted by Gasteiger charge is -2.09. The molecule has 0 saturated heterocycles. The molecule has 7 heteroatoms. The number of aromatic nitrogens is 4. The summed E-state index contributed by atoms with van der Waals surface area (Å²) < 4.78 is 8.45. The minimum absolute atomic E-state index is 0.0633. The summed E-state index contributed by atoms with van der Waals surface area (Å²) in [5.41, 5.74) is 2.02. The molecule has 0 amide bonds. The van der Waals surface area contributed by atoms with Crippen molar-refractivity contribution in [2.75, 3.05) is 7.11 Å². The zero-order valence-electron chi connectivity index (χ0n) is 13.7. The number of ether oxygens (including phenoxy) is 1. The van der Waals surface area contributed by atoms with Crippen molar-refractivity contribution in [3.63, 3.8) is 0 Å². The number of fused-ring (bicyclic) bond motifs is 4. The third-order valence-corrected chi connectivity index (χ3v) is 5.98. The number of hydrogen-bond acceptors (Lipinski definition) is 5. The molecular formula is C18H16N4O2S. The zero-order chi connectivity index (χ0) is 17.0. The first-order valence-corrected chi connectivity index (χ1v) is 9.13. The van der Waals surface area contributed by atoms with Crippen molar-refractivity contribution < 1.29 is 4.74 Å². The summed E-state index contributed by atoms with van der Waals surface area (Å²) in [4.78, 5) is 19.9. The van der Waals surface area contributed by atoms with Crippen molar-refractivity contribution in [1.29, 1.82) is 0 Å². The molecule has 0 radical (unpaired) electrons. The average Bonchev–Trinajstić information content (AvgIpc) is 3.23. The molecule has 0 N–H and O–H groups in total. The molecule has 0 fully saturated rings. The highest BCUT2D eigenvalue weighted by Gasteiger charge is 2.22. The highest BCUT2D eigenvalue weighted by atomic mass is 32.1. The minimum Gasteiger partial charge on any atom is -0.497 e. The lowest BCUT2D eigenvalue weighted by molar-refractivity contribution is 0.415. The van der Waals surface area contributed by atoms with E-state index in [2.05, 4.69) is 5.10 Å². The predicted molar refractivity (Wildman–Crippen MR) is 97.2 cm³/mol. The quantitative estimate of drug-likeness (QED) is 0.556. The number of rotatable bonds is 2. The SMILES string of the molecule is COc1ccc(-n2cnn3c(=O)c4c5c(sc4nc23)CCCC5)cc1. The standard InChI is InChI=1S/C18H16N4O2S/c1-24-12-8-6-11(7-9-12)21-10-19-22-17(23)15-13-4-2-3-5-14(13)25-16(15)20-18(21)22/h6-10H,2-5H2,1H3. The number of benzene rings is 1. The number of nitrogens with zero attached hydrogens (tertiary/aromatic N) is 4. The molecule has 5 rings (SSSR count). The summed E-state index contributed by atoms with van der Waals surface area (Å²) >= 11 is 1.66. The van der Waals surface area contributed by atoms with E-state index in [4.69, 9.17) is 9.72 Å². The zero-order valence-corrected chi connectivity index (χ0v) is 14.5. The minimum atomic E-state index is -0.0633. The van der Waals surface area contributed by atoms with Gasteiger partial charge in [0.2, 0.25) is 5.78 Å². The van der Waals surface area contributed by atoms with Gasteiger partial charge in [0, 0.05) is 4.88 Å². The Labute approximate surface area is 147 Å². The van der Waals surface area contributed by atoms with Crippen molar-refractivity contribution in [3.05, 3.63) is 51.4 Å². The van der Waals surface area contributed by atoms with Crippen molar-refractivity contribution in [2.24, 2.45) is 0 Å². The first-order valence-electron chi connectivity index (χ1n) is 8.31. The molecule has 126 valence electrons. The largest absolute Gasteiger partial charge is 0.497 e. The second kappa shape index (κ2) is 5.42. The molecule has 0 spiro atoms. The summed E-state index contributed by atoms with van der Waals surface area (Å²) in [6, 6.07) is 7.62. The molecule has 0 unspecified atom stereocenters. The molecule has 6 nitrogen and oxygen atoms in total. The van der Waals surface area contributed by atoms with Gasteiger partial charge in [0.15, 0.2) is 0 Å². The fraction of sp³-hybridized carbons (Fsp3) is 0.278. The number of thiophene rings is 1. The Bertz CT molecular complexity index is 1150. The molecule has 3 heterocycles. The van der Waals surface area contributed by atoms with Crippen molar-refractivity contribution >= 4 is 27.3 Å². The van der Waals surface area contributed by atoms with Crippen LogP contribution in [0, 0.1) is 0 Å². The topological polar surface area (TPSA) is 61.4 Å². The van der Waals surface area contributed by atoms with Crippen LogP contribution >= 0.6 is 11.3 Å². The van der Waals surface area contributed by atoms with E-state index in [0.29, 0.717) is 5.78 Å². The summed E-state index contributed by atoms with van der Waals surface area (Å²) in [6.07, 6.45) is 5.99. The van der Waals surface area contributed by atoms with Gasteiger partial charge in [0.1, 0.15) is 16.9 Å². The van der Waals surface area contributed by atoms with Gasteiger partial charge in [-0.15, -0.1) is 11.3 Å². The Morgan fingerprint density at radius 1 is 1.16 bits per heavy atom. The third kappa shape index (κ3) is 2.12. The third-order valence-electron chi connectivity index (χ3n) is 4.80. The fourth-order valence-electron chi connectivity index (χ4n) is 3.53. The van der Waals surface area contributed by atoms with Crippen LogP contribution < -0.4 is 10.3 Å². The summed E-state index contributed by atoms with van der Waals surface area (Å²) in [6.45, 7) is 0. The van der Waals surface area contributed by atoms with E-state index in [-0.39, 0.29) is 5.56 Å². The highest BCUT2D eigenvalue weighted by Crippen LogP contribution is 2.33. The molecule has 4 aromatic rings. The van der Waals surface area contributed by atoms with Crippen LogP contribution in [0.2, 0.25) is 0 Å². The lowest BCUT2D eigenvalue weighted by atomic mass is 9.97. The van der Waals surface area contributed by atoms with Crippen LogP contribution in [0.25, 0.3) is 21.7 Å². The second-order valence-corrected chi connectivity index (χ2v) is 7.30. The normalized spacial score (nSPS) is 14.1. The summed E-state index contributed by atoms with van der Waals surface area (Å²) in [7, 11) is 1.64. The van der Waals surface area contributed by atoms with Gasteiger partial charge in [-0.2, -0.15) is 9.61 Å². The maximum Gasteiger partial charge on any atom is 0.284 e. The molecule has 0 atom stereocenters. The molecular weight excluding hydrogens is 336 g/mol. The maximum atomic E-state index is 13.0. The lowest BCUT2D eigenvalue weighted by Crippen LogP contribution is -2.17. The molecule has 0 saturated carbocycles. The Morgan fingerprint density at radius 3 is 2.76 bits per heavy atom. The second-order valence-electron chi connectivity index (χ2n) is 6.22. The van der Waals surface area contributed by atoms with Gasteiger partial charge in [-0.1, -0.05) is 0 Å². The van der Waals surface area contributed by atoms with Crippen molar-refractivity contribution in [2.45, 2.75) is 25.7 Å². The van der Waals surface area contributed by atoms with Crippen molar-refractivity contribution in [3.8, 4) is 11.4 Å². The van der Waals surface area contributed by atoms with Crippen LogP contribution in [0.5, 0.6) is 5.75 Å².